The zero-order valence-corrected chi connectivity index (χ0v) is 18.7. The highest BCUT2D eigenvalue weighted by Gasteiger charge is 2.16. The zero-order valence-electron chi connectivity index (χ0n) is 18.7. The van der Waals surface area contributed by atoms with Crippen molar-refractivity contribution in [1.29, 1.82) is 0 Å². The van der Waals surface area contributed by atoms with Crippen LogP contribution in [0.1, 0.15) is 29.2 Å². The van der Waals surface area contributed by atoms with Crippen LogP contribution in [0.2, 0.25) is 0 Å². The first-order valence-corrected chi connectivity index (χ1v) is 10.6. The van der Waals surface area contributed by atoms with Crippen LogP contribution in [0.5, 0.6) is 11.6 Å². The molecule has 0 saturated heterocycles. The monoisotopic (exact) mass is 426 g/mol. The Balaban J connectivity index is 1.92. The molecule has 162 valence electrons. The summed E-state index contributed by atoms with van der Waals surface area (Å²) in [6, 6.07) is 18.5. The topological polar surface area (TPSA) is 63.8 Å². The standard InChI is InChI=1S/C27H26N2O3/c1-5-32-21-12-10-20(11-13-21)29-26(30)23-9-7-6-8-22(23)24(27(29)31)16-28-25-18(3)14-17(2)15-19(25)4/h6-16,31H,5H2,1-4H3. The lowest BCUT2D eigenvalue weighted by Crippen LogP contribution is -2.20. The van der Waals surface area contributed by atoms with Gasteiger partial charge in [0.15, 0.2) is 0 Å². The van der Waals surface area contributed by atoms with Crippen molar-refractivity contribution in [2.24, 2.45) is 4.99 Å². The van der Waals surface area contributed by atoms with Gasteiger partial charge in [0.25, 0.3) is 5.56 Å². The molecule has 4 rings (SSSR count). The van der Waals surface area contributed by atoms with Crippen LogP contribution in [0, 0.1) is 20.8 Å². The van der Waals surface area contributed by atoms with E-state index in [-0.39, 0.29) is 11.4 Å². The van der Waals surface area contributed by atoms with Crippen molar-refractivity contribution in [1.82, 2.24) is 4.57 Å². The van der Waals surface area contributed by atoms with Crippen LogP contribution < -0.4 is 10.3 Å². The van der Waals surface area contributed by atoms with E-state index in [4.69, 9.17) is 9.73 Å². The van der Waals surface area contributed by atoms with Crippen LogP contribution in [0.15, 0.2) is 70.5 Å². The Hall–Kier alpha value is -3.86. The molecule has 0 atom stereocenters. The van der Waals surface area contributed by atoms with E-state index in [1.54, 1.807) is 36.5 Å². The number of aromatic hydroxyl groups is 1. The van der Waals surface area contributed by atoms with Crippen molar-refractivity contribution in [2.45, 2.75) is 27.7 Å². The molecule has 0 aliphatic heterocycles. The van der Waals surface area contributed by atoms with E-state index in [1.807, 2.05) is 39.0 Å². The summed E-state index contributed by atoms with van der Waals surface area (Å²) in [6.45, 7) is 8.56. The van der Waals surface area contributed by atoms with E-state index in [1.165, 1.54) is 10.1 Å². The van der Waals surface area contributed by atoms with Gasteiger partial charge in [0, 0.05) is 17.0 Å². The van der Waals surface area contributed by atoms with Gasteiger partial charge >= 0.3 is 0 Å². The number of pyridine rings is 1. The average molecular weight is 427 g/mol. The molecule has 3 aromatic carbocycles. The Kier molecular flexibility index (Phi) is 5.82. The summed E-state index contributed by atoms with van der Waals surface area (Å²) in [7, 11) is 0. The molecule has 0 saturated carbocycles. The third-order valence-corrected chi connectivity index (χ3v) is 5.47. The lowest BCUT2D eigenvalue weighted by Gasteiger charge is -2.14. The molecule has 5 nitrogen and oxygen atoms in total. The number of benzene rings is 3. The lowest BCUT2D eigenvalue weighted by atomic mass is 10.0. The first-order chi connectivity index (χ1) is 15.4. The van der Waals surface area contributed by atoms with Gasteiger partial charge in [-0.05, 0) is 69.2 Å². The molecular weight excluding hydrogens is 400 g/mol. The molecule has 0 unspecified atom stereocenters. The molecule has 1 heterocycles. The molecule has 32 heavy (non-hydrogen) atoms. The van der Waals surface area contributed by atoms with Gasteiger partial charge in [0.2, 0.25) is 5.88 Å². The van der Waals surface area contributed by atoms with E-state index in [2.05, 4.69) is 19.1 Å². The molecule has 0 bridgehead atoms. The maximum Gasteiger partial charge on any atom is 0.265 e. The van der Waals surface area contributed by atoms with Gasteiger partial charge in [-0.2, -0.15) is 0 Å². The summed E-state index contributed by atoms with van der Waals surface area (Å²) in [6.07, 6.45) is 1.65. The minimum atomic E-state index is -0.290. The van der Waals surface area contributed by atoms with Crippen molar-refractivity contribution in [3.05, 3.63) is 93.3 Å². The molecule has 0 aliphatic rings. The second-order valence-corrected chi connectivity index (χ2v) is 7.86. The maximum atomic E-state index is 13.3. The predicted octanol–water partition coefficient (Wildman–Crippen LogP) is 5.77. The summed E-state index contributed by atoms with van der Waals surface area (Å²) >= 11 is 0. The first-order valence-electron chi connectivity index (χ1n) is 10.6. The van der Waals surface area contributed by atoms with Crippen LogP contribution in [0.4, 0.5) is 5.69 Å². The van der Waals surface area contributed by atoms with Gasteiger partial charge in [-0.15, -0.1) is 0 Å². The quantitative estimate of drug-likeness (QED) is 0.412. The SMILES string of the molecule is CCOc1ccc(-n2c(O)c(C=Nc3c(C)cc(C)cc3C)c3ccccc3c2=O)cc1. The molecule has 0 fully saturated rings. The van der Waals surface area contributed by atoms with E-state index < -0.39 is 0 Å². The first kappa shape index (κ1) is 21.4. The second-order valence-electron chi connectivity index (χ2n) is 7.86. The Morgan fingerprint density at radius 3 is 2.22 bits per heavy atom. The summed E-state index contributed by atoms with van der Waals surface area (Å²) in [5, 5.41) is 12.4. The molecule has 0 amide bonds. The molecule has 0 radical (unpaired) electrons. The van der Waals surface area contributed by atoms with E-state index in [9.17, 15) is 9.90 Å². The van der Waals surface area contributed by atoms with Crippen molar-refractivity contribution in [2.75, 3.05) is 6.61 Å². The Labute approximate surface area is 187 Å². The van der Waals surface area contributed by atoms with Crippen molar-refractivity contribution < 1.29 is 9.84 Å². The number of hydrogen-bond acceptors (Lipinski definition) is 4. The minimum absolute atomic E-state index is 0.149. The Morgan fingerprint density at radius 1 is 0.969 bits per heavy atom. The number of aryl methyl sites for hydroxylation is 3. The van der Waals surface area contributed by atoms with Crippen LogP contribution in [-0.4, -0.2) is 22.5 Å². The van der Waals surface area contributed by atoms with Gasteiger partial charge < -0.3 is 9.84 Å². The fraction of sp³-hybridized carbons (Fsp3) is 0.185. The third-order valence-electron chi connectivity index (χ3n) is 5.47. The van der Waals surface area contributed by atoms with Crippen LogP contribution in [0.25, 0.3) is 16.5 Å². The molecule has 1 N–H and O–H groups in total. The van der Waals surface area contributed by atoms with Gasteiger partial charge in [0.1, 0.15) is 5.75 Å². The largest absolute Gasteiger partial charge is 0.494 e. The maximum absolute atomic E-state index is 13.3. The number of ether oxygens (including phenoxy) is 1. The van der Waals surface area contributed by atoms with Gasteiger partial charge in [-0.1, -0.05) is 35.9 Å². The molecule has 5 heteroatoms. The lowest BCUT2D eigenvalue weighted by molar-refractivity contribution is 0.340. The smallest absolute Gasteiger partial charge is 0.265 e. The average Bonchev–Trinajstić information content (AvgIpc) is 2.76. The van der Waals surface area contributed by atoms with Crippen molar-refractivity contribution in [3.63, 3.8) is 0 Å². The van der Waals surface area contributed by atoms with Crippen LogP contribution >= 0.6 is 0 Å². The number of aromatic nitrogens is 1. The van der Waals surface area contributed by atoms with E-state index in [0.29, 0.717) is 34.4 Å². The summed E-state index contributed by atoms with van der Waals surface area (Å²) in [5.41, 5.74) is 4.91. The third kappa shape index (κ3) is 3.89. The predicted molar refractivity (Wildman–Crippen MR) is 130 cm³/mol. The van der Waals surface area contributed by atoms with E-state index in [0.717, 1.165) is 16.8 Å². The number of aliphatic imine (C=N–C) groups is 1. The molecule has 0 spiro atoms. The highest BCUT2D eigenvalue weighted by atomic mass is 16.5. The van der Waals surface area contributed by atoms with Crippen LogP contribution in [-0.2, 0) is 0 Å². The van der Waals surface area contributed by atoms with Gasteiger partial charge in [-0.3, -0.25) is 9.79 Å². The summed E-state index contributed by atoms with van der Waals surface area (Å²) < 4.78 is 6.81. The fourth-order valence-electron chi connectivity index (χ4n) is 4.09. The van der Waals surface area contributed by atoms with Gasteiger partial charge in [-0.25, -0.2) is 4.57 Å². The Bertz CT molecular complexity index is 1360. The molecule has 0 aliphatic carbocycles. The summed E-state index contributed by atoms with van der Waals surface area (Å²) in [4.78, 5) is 18.0. The normalized spacial score (nSPS) is 11.4. The number of nitrogens with zero attached hydrogens (tertiary/aromatic N) is 2. The second kappa shape index (κ2) is 8.71. The van der Waals surface area contributed by atoms with Crippen molar-refractivity contribution in [3.8, 4) is 17.3 Å². The van der Waals surface area contributed by atoms with Crippen LogP contribution in [0.3, 0.4) is 0 Å². The molecular formula is C27H26N2O3. The number of rotatable bonds is 5. The van der Waals surface area contributed by atoms with Crippen molar-refractivity contribution >= 4 is 22.7 Å². The molecule has 4 aromatic rings. The Morgan fingerprint density at radius 2 is 1.59 bits per heavy atom. The number of hydrogen-bond donors (Lipinski definition) is 1. The summed E-state index contributed by atoms with van der Waals surface area (Å²) in [5.74, 6) is 0.556. The highest BCUT2D eigenvalue weighted by molar-refractivity contribution is 6.02. The fourth-order valence-corrected chi connectivity index (χ4v) is 4.09. The minimum Gasteiger partial charge on any atom is -0.494 e. The zero-order chi connectivity index (χ0) is 22.8. The van der Waals surface area contributed by atoms with Gasteiger partial charge in [0.05, 0.1) is 23.5 Å². The number of fused-ring (bicyclic) bond motifs is 1. The highest BCUT2D eigenvalue weighted by Crippen LogP contribution is 2.29. The molecule has 1 aromatic heterocycles. The van der Waals surface area contributed by atoms with E-state index >= 15 is 0 Å².